The Kier molecular flexibility index (Phi) is 5.84. The van der Waals surface area contributed by atoms with E-state index in [1.54, 1.807) is 17.7 Å². The van der Waals surface area contributed by atoms with Crippen molar-refractivity contribution < 1.29 is 19.4 Å². The normalized spacial score (nSPS) is 11.7. The summed E-state index contributed by atoms with van der Waals surface area (Å²) in [5.74, 6) is 0.00513. The number of hydrogen-bond donors (Lipinski definition) is 1. The lowest BCUT2D eigenvalue weighted by molar-refractivity contribution is -0.142. The number of benzene rings is 2. The second-order valence-corrected chi connectivity index (χ2v) is 6.57. The molecule has 0 bridgehead atoms. The molecular weight excluding hydrogens is 370 g/mol. The van der Waals surface area contributed by atoms with Crippen LogP contribution in [0.3, 0.4) is 0 Å². The largest absolute Gasteiger partial charge is 0.507 e. The summed E-state index contributed by atoms with van der Waals surface area (Å²) >= 11 is 0. The molecule has 0 aliphatic carbocycles. The molecule has 7 heteroatoms. The molecule has 0 aliphatic heterocycles. The lowest BCUT2D eigenvalue weighted by Crippen LogP contribution is -2.12. The maximum Gasteiger partial charge on any atom is 0.310 e. The summed E-state index contributed by atoms with van der Waals surface area (Å²) in [4.78, 5) is 16.6. The van der Waals surface area contributed by atoms with E-state index >= 15 is 0 Å². The van der Waals surface area contributed by atoms with Crippen molar-refractivity contribution in [2.75, 3.05) is 13.7 Å². The van der Waals surface area contributed by atoms with Crippen LogP contribution in [0.1, 0.15) is 17.0 Å². The first-order valence-corrected chi connectivity index (χ1v) is 8.97. The number of hydrogen-bond acceptors (Lipinski definition) is 6. The number of allylic oxidation sites excluding steroid dienone is 1. The molecule has 0 saturated heterocycles. The van der Waals surface area contributed by atoms with E-state index in [1.165, 1.54) is 7.11 Å². The molecule has 0 atom stereocenters. The molecule has 148 valence electrons. The minimum absolute atomic E-state index is 0.00763. The number of aliphatic hydroxyl groups excluding tert-OH is 1. The van der Waals surface area contributed by atoms with Gasteiger partial charge in [-0.2, -0.15) is 5.26 Å². The lowest BCUT2D eigenvalue weighted by Gasteiger charge is -2.10. The molecule has 2 aromatic carbocycles. The Labute approximate surface area is 168 Å². The van der Waals surface area contributed by atoms with Gasteiger partial charge in [-0.15, -0.1) is 0 Å². The van der Waals surface area contributed by atoms with Crippen LogP contribution < -0.4 is 4.74 Å². The minimum atomic E-state index is -0.539. The summed E-state index contributed by atoms with van der Waals surface area (Å²) in [6.07, 6.45) is -0.00763. The quantitative estimate of drug-likeness (QED) is 0.393. The van der Waals surface area contributed by atoms with Crippen LogP contribution in [0.5, 0.6) is 5.75 Å². The maximum absolute atomic E-state index is 12.2. The topological polar surface area (TPSA) is 97.4 Å². The van der Waals surface area contributed by atoms with E-state index in [9.17, 15) is 15.2 Å². The number of imidazole rings is 1. The molecule has 0 fully saturated rings. The zero-order valence-corrected chi connectivity index (χ0v) is 16.5. The van der Waals surface area contributed by atoms with Crippen LogP contribution in [0.4, 0.5) is 0 Å². The first-order valence-electron chi connectivity index (χ1n) is 8.97. The average molecular weight is 391 g/mol. The van der Waals surface area contributed by atoms with Gasteiger partial charge in [-0.1, -0.05) is 29.8 Å². The van der Waals surface area contributed by atoms with E-state index in [0.717, 1.165) is 11.1 Å². The molecule has 3 rings (SSSR count). The molecule has 0 saturated carbocycles. The number of aliphatic hydroxyl groups is 1. The number of para-hydroxylation sites is 2. The van der Waals surface area contributed by atoms with Crippen LogP contribution >= 0.6 is 0 Å². The van der Waals surface area contributed by atoms with Gasteiger partial charge in [0.1, 0.15) is 24.0 Å². The number of aromatic nitrogens is 2. The van der Waals surface area contributed by atoms with Crippen molar-refractivity contribution in [2.45, 2.75) is 13.3 Å². The van der Waals surface area contributed by atoms with Crippen molar-refractivity contribution in [3.63, 3.8) is 0 Å². The van der Waals surface area contributed by atoms with Gasteiger partial charge in [-0.3, -0.25) is 4.79 Å². The van der Waals surface area contributed by atoms with Gasteiger partial charge >= 0.3 is 5.97 Å². The number of nitriles is 1. The fraction of sp³-hybridized carbons (Fsp3) is 0.227. The molecule has 1 aromatic heterocycles. The van der Waals surface area contributed by atoms with Crippen LogP contribution in [0.15, 0.2) is 48.2 Å². The lowest BCUT2D eigenvalue weighted by atomic mass is 10.1. The number of carbonyl (C=O) groups is 1. The van der Waals surface area contributed by atoms with Crippen molar-refractivity contribution in [2.24, 2.45) is 7.05 Å². The summed E-state index contributed by atoms with van der Waals surface area (Å²) in [6, 6.07) is 14.9. The third-order valence-corrected chi connectivity index (χ3v) is 4.55. The van der Waals surface area contributed by atoms with Gasteiger partial charge in [-0.25, -0.2) is 4.98 Å². The fourth-order valence-corrected chi connectivity index (χ4v) is 3.09. The Hall–Kier alpha value is -3.79. The highest BCUT2D eigenvalue weighted by molar-refractivity contribution is 5.84. The number of nitrogens with zero attached hydrogens (tertiary/aromatic N) is 3. The first kappa shape index (κ1) is 20.0. The van der Waals surface area contributed by atoms with E-state index in [0.29, 0.717) is 22.7 Å². The summed E-state index contributed by atoms with van der Waals surface area (Å²) in [5.41, 5.74) is 3.17. The van der Waals surface area contributed by atoms with Gasteiger partial charge in [0.15, 0.2) is 11.6 Å². The third kappa shape index (κ3) is 4.22. The molecule has 0 unspecified atom stereocenters. The van der Waals surface area contributed by atoms with E-state index in [-0.39, 0.29) is 17.8 Å². The van der Waals surface area contributed by atoms with Crippen molar-refractivity contribution in [3.05, 3.63) is 65.2 Å². The zero-order valence-electron chi connectivity index (χ0n) is 16.5. The zero-order chi connectivity index (χ0) is 21.0. The summed E-state index contributed by atoms with van der Waals surface area (Å²) in [7, 11) is 3.29. The predicted molar refractivity (Wildman–Crippen MR) is 108 cm³/mol. The van der Waals surface area contributed by atoms with Crippen LogP contribution in [0.2, 0.25) is 0 Å². The molecule has 0 spiro atoms. The molecule has 29 heavy (non-hydrogen) atoms. The molecule has 1 heterocycles. The number of rotatable bonds is 6. The van der Waals surface area contributed by atoms with Crippen molar-refractivity contribution in [1.82, 2.24) is 9.55 Å². The van der Waals surface area contributed by atoms with E-state index in [1.807, 2.05) is 49.4 Å². The summed E-state index contributed by atoms with van der Waals surface area (Å²) in [6.45, 7) is 1.50. The van der Waals surface area contributed by atoms with Gasteiger partial charge in [-0.05, 0) is 25.1 Å². The monoisotopic (exact) mass is 391 g/mol. The molecule has 1 N–H and O–H groups in total. The molecule has 3 aromatic rings. The van der Waals surface area contributed by atoms with Crippen LogP contribution in [0, 0.1) is 18.3 Å². The van der Waals surface area contributed by atoms with Crippen LogP contribution in [0.25, 0.3) is 16.6 Å². The Morgan fingerprint density at radius 2 is 2.03 bits per heavy atom. The maximum atomic E-state index is 12.2. The summed E-state index contributed by atoms with van der Waals surface area (Å²) < 4.78 is 12.1. The van der Waals surface area contributed by atoms with E-state index < -0.39 is 12.6 Å². The highest BCUT2D eigenvalue weighted by atomic mass is 16.5. The Balaban J connectivity index is 1.77. The number of fused-ring (bicyclic) bond motifs is 1. The van der Waals surface area contributed by atoms with Gasteiger partial charge in [0.2, 0.25) is 0 Å². The molecular formula is C22H21N3O4. The highest BCUT2D eigenvalue weighted by Gasteiger charge is 2.18. The third-order valence-electron chi connectivity index (χ3n) is 4.55. The minimum Gasteiger partial charge on any atom is -0.507 e. The summed E-state index contributed by atoms with van der Waals surface area (Å²) in [5, 5.41) is 19.9. The van der Waals surface area contributed by atoms with Crippen LogP contribution in [-0.2, 0) is 23.0 Å². The first-order chi connectivity index (χ1) is 13.9. The van der Waals surface area contributed by atoms with Crippen LogP contribution in [-0.4, -0.2) is 34.3 Å². The Morgan fingerprint density at radius 3 is 2.72 bits per heavy atom. The predicted octanol–water partition coefficient (Wildman–Crippen LogP) is 3.47. The smallest absolute Gasteiger partial charge is 0.310 e. The Bertz CT molecular complexity index is 1140. The molecule has 7 nitrogen and oxygen atoms in total. The van der Waals surface area contributed by atoms with Crippen molar-refractivity contribution in [1.29, 1.82) is 5.26 Å². The molecule has 0 aliphatic rings. The Morgan fingerprint density at radius 1 is 1.28 bits per heavy atom. The SMILES string of the molecule is COc1ccc(C)cc1CC(=O)OC/C(O)=C(\C#N)c1nc2ccccc2n1C. The van der Waals surface area contributed by atoms with Gasteiger partial charge in [0.25, 0.3) is 0 Å². The number of methoxy groups -OCH3 is 1. The van der Waals surface area contributed by atoms with Gasteiger partial charge < -0.3 is 19.1 Å². The van der Waals surface area contributed by atoms with Crippen molar-refractivity contribution >= 4 is 22.6 Å². The average Bonchev–Trinajstić information content (AvgIpc) is 3.04. The second kappa shape index (κ2) is 8.48. The molecule has 0 amide bonds. The van der Waals surface area contributed by atoms with Crippen molar-refractivity contribution in [3.8, 4) is 11.8 Å². The number of ether oxygens (including phenoxy) is 2. The number of aryl methyl sites for hydroxylation is 2. The molecule has 0 radical (unpaired) electrons. The number of carbonyl (C=O) groups excluding carboxylic acids is 1. The number of esters is 1. The van der Waals surface area contributed by atoms with E-state index in [4.69, 9.17) is 9.47 Å². The van der Waals surface area contributed by atoms with Gasteiger partial charge in [0.05, 0.1) is 24.6 Å². The van der Waals surface area contributed by atoms with Gasteiger partial charge in [0, 0.05) is 12.6 Å². The highest BCUT2D eigenvalue weighted by Crippen LogP contribution is 2.23. The fourth-order valence-electron chi connectivity index (χ4n) is 3.09. The standard InChI is InChI=1S/C22H21N3O4/c1-14-8-9-20(28-3)15(10-14)11-21(27)29-13-19(26)16(12-23)22-24-17-6-4-5-7-18(17)25(22)2/h4-10,26H,11,13H2,1-3H3/b19-16-. The van der Waals surface area contributed by atoms with E-state index in [2.05, 4.69) is 4.98 Å². The second-order valence-electron chi connectivity index (χ2n) is 6.57.